The van der Waals surface area contributed by atoms with Gasteiger partial charge in [0.25, 0.3) is 0 Å². The summed E-state index contributed by atoms with van der Waals surface area (Å²) in [5.41, 5.74) is 8.78. The van der Waals surface area contributed by atoms with Crippen molar-refractivity contribution < 1.29 is 9.90 Å². The van der Waals surface area contributed by atoms with Crippen LogP contribution in [0.5, 0.6) is 0 Å². The molecule has 1 heterocycles. The third-order valence-electron chi connectivity index (χ3n) is 7.84. The Balaban J connectivity index is 1.35. The first kappa shape index (κ1) is 24.5. The smallest absolute Gasteiger partial charge is 0.346 e. The number of carboxylic acids is 1. The average molecular weight is 509 g/mol. The summed E-state index contributed by atoms with van der Waals surface area (Å²) >= 11 is 0. The normalized spacial score (nSPS) is 17.7. The van der Waals surface area contributed by atoms with Crippen LogP contribution in [0.3, 0.4) is 0 Å². The van der Waals surface area contributed by atoms with Crippen molar-refractivity contribution in [3.05, 3.63) is 137 Å². The van der Waals surface area contributed by atoms with Crippen molar-refractivity contribution in [3.8, 4) is 6.07 Å². The van der Waals surface area contributed by atoms with Gasteiger partial charge in [-0.3, -0.25) is 0 Å². The van der Waals surface area contributed by atoms with Crippen LogP contribution >= 0.6 is 0 Å². The fourth-order valence-corrected chi connectivity index (χ4v) is 6.08. The first-order chi connectivity index (χ1) is 19.1. The maximum atomic E-state index is 11.3. The molecule has 0 unspecified atom stereocenters. The lowest BCUT2D eigenvalue weighted by molar-refractivity contribution is -0.132. The van der Waals surface area contributed by atoms with Crippen LogP contribution in [0.15, 0.2) is 109 Å². The highest BCUT2D eigenvalue weighted by Crippen LogP contribution is 2.52. The van der Waals surface area contributed by atoms with Crippen molar-refractivity contribution in [2.45, 2.75) is 31.2 Å². The molecule has 0 radical (unpaired) electrons. The maximum Gasteiger partial charge on any atom is 0.346 e. The van der Waals surface area contributed by atoms with E-state index in [2.05, 4.69) is 95.9 Å². The molecule has 4 heteroatoms. The van der Waals surface area contributed by atoms with Crippen LogP contribution in [-0.2, 0) is 4.79 Å². The Hall–Kier alpha value is -4.88. The predicted octanol–water partition coefficient (Wildman–Crippen LogP) is 8.05. The molecule has 0 aromatic heterocycles. The molecule has 0 spiro atoms. The van der Waals surface area contributed by atoms with E-state index in [0.717, 1.165) is 29.7 Å². The zero-order chi connectivity index (χ0) is 26.8. The molecule has 2 aliphatic rings. The molecular formula is C35H28N2O2. The lowest BCUT2D eigenvalue weighted by atomic mass is 9.95. The quantitative estimate of drug-likeness (QED) is 0.163. The molecule has 4 aromatic carbocycles. The number of nitriles is 1. The summed E-state index contributed by atoms with van der Waals surface area (Å²) in [6.07, 6.45) is 7.12. The fourth-order valence-electron chi connectivity index (χ4n) is 6.08. The Labute approximate surface area is 228 Å². The van der Waals surface area contributed by atoms with Gasteiger partial charge in [0.2, 0.25) is 0 Å². The van der Waals surface area contributed by atoms with Crippen LogP contribution in [0.4, 0.5) is 11.4 Å². The minimum absolute atomic E-state index is 0.248. The summed E-state index contributed by atoms with van der Waals surface area (Å²) in [6.45, 7) is 0. The third-order valence-corrected chi connectivity index (χ3v) is 7.84. The van der Waals surface area contributed by atoms with E-state index in [1.165, 1.54) is 40.4 Å². The number of rotatable bonds is 6. The molecular weight excluding hydrogens is 480 g/mol. The second kappa shape index (κ2) is 10.5. The second-order valence-electron chi connectivity index (χ2n) is 10.1. The van der Waals surface area contributed by atoms with Crippen molar-refractivity contribution in [3.63, 3.8) is 0 Å². The number of anilines is 2. The van der Waals surface area contributed by atoms with Gasteiger partial charge in [0.15, 0.2) is 0 Å². The van der Waals surface area contributed by atoms with Crippen LogP contribution in [-0.4, -0.2) is 17.1 Å². The number of fused-ring (bicyclic) bond motifs is 3. The van der Waals surface area contributed by atoms with Crippen molar-refractivity contribution in [2.24, 2.45) is 0 Å². The molecule has 39 heavy (non-hydrogen) atoms. The van der Waals surface area contributed by atoms with Gasteiger partial charge >= 0.3 is 5.97 Å². The first-order valence-corrected chi connectivity index (χ1v) is 13.3. The van der Waals surface area contributed by atoms with Gasteiger partial charge in [-0.25, -0.2) is 4.79 Å². The van der Waals surface area contributed by atoms with Crippen molar-refractivity contribution in [2.75, 3.05) is 4.90 Å². The standard InChI is InChI=1S/C35H28N2O2/c36-23-28(35(38)39)20-25-16-19-34-32(22-25)30-12-7-13-33(30)37(34)29-17-14-24(15-18-29)21-31(26-8-3-1-4-9-26)27-10-5-2-6-11-27/h1-6,8-11,14-22,30,33H,7,12-13H2,(H,38,39)/b28-20+/t30-,33+/m0/s1. The first-order valence-electron chi connectivity index (χ1n) is 13.3. The second-order valence-corrected chi connectivity index (χ2v) is 10.1. The molecule has 1 N–H and O–H groups in total. The van der Waals surface area contributed by atoms with Gasteiger partial charge in [-0.15, -0.1) is 0 Å². The Morgan fingerprint density at radius 1 is 0.821 bits per heavy atom. The Bertz CT molecular complexity index is 1570. The van der Waals surface area contributed by atoms with E-state index in [0.29, 0.717) is 12.0 Å². The summed E-state index contributed by atoms with van der Waals surface area (Å²) in [5.74, 6) is -0.791. The summed E-state index contributed by atoms with van der Waals surface area (Å²) in [5, 5.41) is 18.5. The van der Waals surface area contributed by atoms with Gasteiger partial charge in [0.1, 0.15) is 11.6 Å². The van der Waals surface area contributed by atoms with Gasteiger partial charge in [0, 0.05) is 23.3 Å². The van der Waals surface area contributed by atoms with E-state index in [-0.39, 0.29) is 5.57 Å². The highest BCUT2D eigenvalue weighted by atomic mass is 16.4. The molecule has 0 saturated heterocycles. The van der Waals surface area contributed by atoms with E-state index in [1.807, 2.05) is 18.2 Å². The van der Waals surface area contributed by atoms with E-state index in [1.54, 1.807) is 6.07 Å². The molecule has 4 aromatic rings. The summed E-state index contributed by atoms with van der Waals surface area (Å²) < 4.78 is 0. The zero-order valence-corrected chi connectivity index (χ0v) is 21.5. The molecule has 1 saturated carbocycles. The average Bonchev–Trinajstić information content (AvgIpc) is 3.57. The molecule has 6 rings (SSSR count). The maximum absolute atomic E-state index is 11.3. The molecule has 1 fully saturated rings. The highest BCUT2D eigenvalue weighted by molar-refractivity contribution is 5.96. The number of hydrogen-bond acceptors (Lipinski definition) is 3. The summed E-state index contributed by atoms with van der Waals surface area (Å²) in [4.78, 5) is 13.8. The molecule has 1 aliphatic carbocycles. The minimum atomic E-state index is -1.20. The number of carbonyl (C=O) groups is 1. The number of benzene rings is 4. The SMILES string of the molecule is N#C/C(=C\c1ccc2c(c1)[C@@H]1CCC[C@H]1N2c1ccc(C=C(c2ccccc2)c2ccccc2)cc1)C(=O)O. The van der Waals surface area contributed by atoms with Gasteiger partial charge in [-0.05, 0) is 82.6 Å². The zero-order valence-electron chi connectivity index (χ0n) is 21.5. The fraction of sp³-hybridized carbons (Fsp3) is 0.143. The molecule has 4 nitrogen and oxygen atoms in total. The Kier molecular flexibility index (Phi) is 6.57. The van der Waals surface area contributed by atoms with Crippen LogP contribution in [0.25, 0.3) is 17.7 Å². The van der Waals surface area contributed by atoms with Crippen molar-refractivity contribution >= 4 is 35.1 Å². The topological polar surface area (TPSA) is 64.3 Å². The van der Waals surface area contributed by atoms with Crippen molar-refractivity contribution in [1.82, 2.24) is 0 Å². The number of carboxylic acid groups (broad SMARTS) is 1. The van der Waals surface area contributed by atoms with Crippen molar-refractivity contribution in [1.29, 1.82) is 5.26 Å². The monoisotopic (exact) mass is 508 g/mol. The highest BCUT2D eigenvalue weighted by Gasteiger charge is 2.42. The summed E-state index contributed by atoms with van der Waals surface area (Å²) in [6, 6.07) is 38.0. The van der Waals surface area contributed by atoms with E-state index >= 15 is 0 Å². The third kappa shape index (κ3) is 4.76. The van der Waals surface area contributed by atoms with Crippen LogP contribution in [0.2, 0.25) is 0 Å². The van der Waals surface area contributed by atoms with Gasteiger partial charge < -0.3 is 10.0 Å². The van der Waals surface area contributed by atoms with Gasteiger partial charge in [0.05, 0.1) is 0 Å². The van der Waals surface area contributed by atoms with Crippen LogP contribution in [0.1, 0.15) is 53.0 Å². The Morgan fingerprint density at radius 3 is 2.08 bits per heavy atom. The number of aliphatic carboxylic acids is 1. The largest absolute Gasteiger partial charge is 0.477 e. The molecule has 0 amide bonds. The van der Waals surface area contributed by atoms with Crippen LogP contribution < -0.4 is 4.90 Å². The minimum Gasteiger partial charge on any atom is -0.477 e. The number of hydrogen-bond donors (Lipinski definition) is 1. The van der Waals surface area contributed by atoms with E-state index in [4.69, 9.17) is 0 Å². The van der Waals surface area contributed by atoms with E-state index < -0.39 is 5.97 Å². The molecule has 1 aliphatic heterocycles. The van der Waals surface area contributed by atoms with Gasteiger partial charge in [-0.2, -0.15) is 5.26 Å². The molecule has 2 atom stereocenters. The van der Waals surface area contributed by atoms with Gasteiger partial charge in [-0.1, -0.05) is 85.3 Å². The molecule has 190 valence electrons. The lowest BCUT2D eigenvalue weighted by Crippen LogP contribution is -2.26. The Morgan fingerprint density at radius 2 is 1.46 bits per heavy atom. The van der Waals surface area contributed by atoms with E-state index in [9.17, 15) is 15.2 Å². The molecule has 0 bridgehead atoms. The van der Waals surface area contributed by atoms with Crippen LogP contribution in [0, 0.1) is 11.3 Å². The summed E-state index contributed by atoms with van der Waals surface area (Å²) in [7, 11) is 0. The number of nitrogens with zero attached hydrogens (tertiary/aromatic N) is 2. The lowest BCUT2D eigenvalue weighted by Gasteiger charge is -2.27. The predicted molar refractivity (Wildman–Crippen MR) is 156 cm³/mol.